The maximum atomic E-state index is 12.1. The number of benzene rings is 1. The first-order valence-electron chi connectivity index (χ1n) is 8.21. The van der Waals surface area contributed by atoms with Gasteiger partial charge in [0.05, 0.1) is 18.8 Å². The molecule has 2 N–H and O–H groups in total. The van der Waals surface area contributed by atoms with Crippen LogP contribution in [-0.2, 0) is 17.9 Å². The highest BCUT2D eigenvalue weighted by molar-refractivity contribution is 7.09. The van der Waals surface area contributed by atoms with Crippen LogP contribution in [0.4, 0.5) is 4.79 Å². The quantitative estimate of drug-likeness (QED) is 0.758. The van der Waals surface area contributed by atoms with Crippen LogP contribution in [0.5, 0.6) is 0 Å². The van der Waals surface area contributed by atoms with E-state index in [0.717, 1.165) is 22.6 Å². The van der Waals surface area contributed by atoms with Crippen LogP contribution in [0, 0.1) is 0 Å². The summed E-state index contributed by atoms with van der Waals surface area (Å²) in [5, 5.41) is 8.72. The number of hydrogen-bond donors (Lipinski definition) is 2. The molecule has 0 saturated heterocycles. The molecule has 1 aromatic heterocycles. The number of hydrogen-bond acceptors (Lipinski definition) is 4. The zero-order chi connectivity index (χ0) is 17.4. The molecule has 0 bridgehead atoms. The minimum atomic E-state index is -0.180. The lowest BCUT2D eigenvalue weighted by molar-refractivity contribution is 0.0657. The monoisotopic (exact) mass is 347 g/mol. The summed E-state index contributed by atoms with van der Waals surface area (Å²) >= 11 is 1.55. The van der Waals surface area contributed by atoms with E-state index < -0.39 is 0 Å². The number of aromatic nitrogens is 1. The first-order valence-corrected chi connectivity index (χ1v) is 9.09. The first kappa shape index (κ1) is 18.4. The average Bonchev–Trinajstić information content (AvgIpc) is 3.11. The molecule has 0 aliphatic carbocycles. The van der Waals surface area contributed by atoms with Gasteiger partial charge in [-0.05, 0) is 31.4 Å². The molecule has 130 valence electrons. The van der Waals surface area contributed by atoms with Crippen molar-refractivity contribution in [2.45, 2.75) is 52.5 Å². The van der Waals surface area contributed by atoms with Crippen LogP contribution >= 0.6 is 11.3 Å². The van der Waals surface area contributed by atoms with Crippen molar-refractivity contribution in [3.05, 3.63) is 52.0 Å². The summed E-state index contributed by atoms with van der Waals surface area (Å²) in [4.78, 5) is 16.4. The van der Waals surface area contributed by atoms with Crippen LogP contribution in [0.25, 0.3) is 0 Å². The molecule has 0 aliphatic heterocycles. The topological polar surface area (TPSA) is 63.2 Å². The fourth-order valence-electron chi connectivity index (χ4n) is 2.23. The van der Waals surface area contributed by atoms with E-state index in [9.17, 15) is 4.79 Å². The Bertz CT molecular complexity index is 629. The fourth-order valence-corrected chi connectivity index (χ4v) is 3.00. The van der Waals surface area contributed by atoms with E-state index in [4.69, 9.17) is 4.74 Å². The van der Waals surface area contributed by atoms with Crippen molar-refractivity contribution in [3.8, 4) is 0 Å². The van der Waals surface area contributed by atoms with Crippen molar-refractivity contribution in [2.75, 3.05) is 0 Å². The average molecular weight is 347 g/mol. The third-order valence-corrected chi connectivity index (χ3v) is 4.38. The lowest BCUT2D eigenvalue weighted by Gasteiger charge is -2.15. The van der Waals surface area contributed by atoms with Crippen molar-refractivity contribution < 1.29 is 9.53 Å². The van der Waals surface area contributed by atoms with E-state index in [0.29, 0.717) is 13.2 Å². The second-order valence-corrected chi connectivity index (χ2v) is 6.76. The fraction of sp³-hybridized carbons (Fsp3) is 0.444. The number of urea groups is 1. The van der Waals surface area contributed by atoms with Crippen LogP contribution in [0.2, 0.25) is 0 Å². The maximum Gasteiger partial charge on any atom is 0.315 e. The van der Waals surface area contributed by atoms with Crippen molar-refractivity contribution in [2.24, 2.45) is 0 Å². The number of rotatable bonds is 8. The second kappa shape index (κ2) is 9.39. The summed E-state index contributed by atoms with van der Waals surface area (Å²) in [6, 6.07) is 7.84. The molecule has 6 heteroatoms. The minimum absolute atomic E-state index is 0.0456. The summed E-state index contributed by atoms with van der Waals surface area (Å²) in [7, 11) is 0. The molecule has 2 aromatic rings. The molecule has 1 heterocycles. The zero-order valence-electron chi connectivity index (χ0n) is 14.4. The minimum Gasteiger partial charge on any atom is -0.374 e. The van der Waals surface area contributed by atoms with E-state index in [-0.39, 0.29) is 18.2 Å². The predicted octanol–water partition coefficient (Wildman–Crippen LogP) is 4.02. The van der Waals surface area contributed by atoms with E-state index in [1.807, 2.05) is 44.4 Å². The number of amides is 2. The van der Waals surface area contributed by atoms with Crippen molar-refractivity contribution >= 4 is 17.4 Å². The smallest absolute Gasteiger partial charge is 0.315 e. The van der Waals surface area contributed by atoms with Gasteiger partial charge in [0.15, 0.2) is 0 Å². The number of carbonyl (C=O) groups is 1. The second-order valence-electron chi connectivity index (χ2n) is 5.84. The van der Waals surface area contributed by atoms with Crippen LogP contribution in [-0.4, -0.2) is 17.1 Å². The lowest BCUT2D eigenvalue weighted by atomic mass is 10.1. The van der Waals surface area contributed by atoms with Crippen molar-refractivity contribution in [1.29, 1.82) is 0 Å². The molecule has 1 aromatic carbocycles. The summed E-state index contributed by atoms with van der Waals surface area (Å²) in [5.74, 6) is 0. The largest absolute Gasteiger partial charge is 0.374 e. The molecule has 0 aliphatic rings. The van der Waals surface area contributed by atoms with Gasteiger partial charge < -0.3 is 15.4 Å². The number of thiazole rings is 1. The van der Waals surface area contributed by atoms with Gasteiger partial charge in [-0.25, -0.2) is 9.78 Å². The number of nitrogens with zero attached hydrogens (tertiary/aromatic N) is 1. The van der Waals surface area contributed by atoms with Crippen LogP contribution in [0.15, 0.2) is 35.8 Å². The Hall–Kier alpha value is -1.92. The van der Waals surface area contributed by atoms with Crippen LogP contribution in [0.3, 0.4) is 0 Å². The molecule has 2 rings (SSSR count). The SMILES string of the molecule is CC[C@@H](NC(=O)NCc1cccc(COC(C)C)c1)c1nccs1. The Morgan fingerprint density at radius 3 is 2.79 bits per heavy atom. The number of nitrogens with one attached hydrogen (secondary N) is 2. The molecule has 0 fully saturated rings. The molecule has 0 radical (unpaired) electrons. The van der Waals surface area contributed by atoms with Crippen molar-refractivity contribution in [3.63, 3.8) is 0 Å². The Labute approximate surface area is 147 Å². The summed E-state index contributed by atoms with van der Waals surface area (Å²) < 4.78 is 5.61. The molecule has 0 spiro atoms. The Balaban J connectivity index is 1.84. The highest BCUT2D eigenvalue weighted by Crippen LogP contribution is 2.18. The molecule has 24 heavy (non-hydrogen) atoms. The number of carbonyl (C=O) groups excluding carboxylic acids is 1. The Morgan fingerprint density at radius 1 is 1.33 bits per heavy atom. The van der Waals surface area contributed by atoms with Crippen molar-refractivity contribution in [1.82, 2.24) is 15.6 Å². The molecule has 2 amide bonds. The van der Waals surface area contributed by atoms with E-state index in [1.54, 1.807) is 17.5 Å². The molecule has 1 atom stereocenters. The van der Waals surface area contributed by atoms with Gasteiger partial charge in [0.1, 0.15) is 5.01 Å². The molecule has 0 saturated carbocycles. The zero-order valence-corrected chi connectivity index (χ0v) is 15.2. The van der Waals surface area contributed by atoms with Gasteiger partial charge >= 0.3 is 6.03 Å². The van der Waals surface area contributed by atoms with E-state index in [2.05, 4.69) is 21.7 Å². The summed E-state index contributed by atoms with van der Waals surface area (Å²) in [6.45, 7) is 7.13. The van der Waals surface area contributed by atoms with Gasteiger partial charge in [-0.3, -0.25) is 0 Å². The third-order valence-electron chi connectivity index (χ3n) is 3.49. The van der Waals surface area contributed by atoms with Gasteiger partial charge in [-0.2, -0.15) is 0 Å². The normalized spacial score (nSPS) is 12.2. The number of ether oxygens (including phenoxy) is 1. The molecular weight excluding hydrogens is 322 g/mol. The predicted molar refractivity (Wildman–Crippen MR) is 96.9 cm³/mol. The van der Waals surface area contributed by atoms with Gasteiger partial charge in [0, 0.05) is 18.1 Å². The van der Waals surface area contributed by atoms with Crippen LogP contribution < -0.4 is 10.6 Å². The molecule has 5 nitrogen and oxygen atoms in total. The standard InChI is InChI=1S/C18H25N3O2S/c1-4-16(17-19-8-9-24-17)21-18(22)20-11-14-6-5-7-15(10-14)12-23-13(2)3/h5-10,13,16H,4,11-12H2,1-3H3,(H2,20,21,22)/t16-/m1/s1. The van der Waals surface area contributed by atoms with Gasteiger partial charge in [-0.15, -0.1) is 11.3 Å². The summed E-state index contributed by atoms with van der Waals surface area (Å²) in [6.07, 6.45) is 2.77. The van der Waals surface area contributed by atoms with Gasteiger partial charge in [0.25, 0.3) is 0 Å². The van der Waals surface area contributed by atoms with E-state index in [1.165, 1.54) is 0 Å². The first-order chi connectivity index (χ1) is 11.6. The Kier molecular flexibility index (Phi) is 7.21. The Morgan fingerprint density at radius 2 is 2.12 bits per heavy atom. The maximum absolute atomic E-state index is 12.1. The third kappa shape index (κ3) is 5.94. The van der Waals surface area contributed by atoms with E-state index >= 15 is 0 Å². The highest BCUT2D eigenvalue weighted by Gasteiger charge is 2.14. The van der Waals surface area contributed by atoms with Crippen LogP contribution in [0.1, 0.15) is 49.4 Å². The molecular formula is C18H25N3O2S. The highest BCUT2D eigenvalue weighted by atomic mass is 32.1. The lowest BCUT2D eigenvalue weighted by Crippen LogP contribution is -2.37. The molecule has 0 unspecified atom stereocenters. The van der Waals surface area contributed by atoms with Gasteiger partial charge in [0.2, 0.25) is 0 Å². The van der Waals surface area contributed by atoms with Gasteiger partial charge in [-0.1, -0.05) is 31.2 Å². The summed E-state index contributed by atoms with van der Waals surface area (Å²) in [5.41, 5.74) is 2.16.